The van der Waals surface area contributed by atoms with Gasteiger partial charge >= 0.3 is 0 Å². The van der Waals surface area contributed by atoms with Crippen LogP contribution in [0.25, 0.3) is 0 Å². The molecular weight excluding hydrogens is 234 g/mol. The van der Waals surface area contributed by atoms with Gasteiger partial charge in [-0.2, -0.15) is 0 Å². The predicted octanol–water partition coefficient (Wildman–Crippen LogP) is -0.123. The molecule has 6 heteroatoms. The van der Waals surface area contributed by atoms with Gasteiger partial charge in [-0.3, -0.25) is 9.59 Å². The molecule has 1 fully saturated rings. The number of carbonyl (C=O) groups is 2. The van der Waals surface area contributed by atoms with Gasteiger partial charge in [-0.1, -0.05) is 0 Å². The van der Waals surface area contributed by atoms with Crippen molar-refractivity contribution < 1.29 is 14.0 Å². The van der Waals surface area contributed by atoms with Crippen molar-refractivity contribution in [3.05, 3.63) is 23.7 Å². The molecule has 2 heterocycles. The number of amides is 2. The normalized spacial score (nSPS) is 18.8. The van der Waals surface area contributed by atoms with Crippen LogP contribution in [0.15, 0.2) is 16.7 Å². The lowest BCUT2D eigenvalue weighted by molar-refractivity contribution is -0.119. The van der Waals surface area contributed by atoms with Crippen molar-refractivity contribution in [2.45, 2.75) is 19.4 Å². The quantitative estimate of drug-likeness (QED) is 0.780. The van der Waals surface area contributed by atoms with Crippen LogP contribution in [0.4, 0.5) is 0 Å². The molecule has 1 aromatic heterocycles. The molecule has 3 N–H and O–H groups in total. The van der Waals surface area contributed by atoms with Crippen LogP contribution in [0.1, 0.15) is 22.5 Å². The van der Waals surface area contributed by atoms with Gasteiger partial charge < -0.3 is 20.4 Å². The highest BCUT2D eigenvalue weighted by Gasteiger charge is 2.29. The molecule has 6 nitrogen and oxygen atoms in total. The van der Waals surface area contributed by atoms with Crippen LogP contribution in [-0.4, -0.2) is 42.4 Å². The second-order valence-corrected chi connectivity index (χ2v) is 4.44. The first kappa shape index (κ1) is 12.6. The highest BCUT2D eigenvalue weighted by atomic mass is 16.3. The Hall–Kier alpha value is -1.82. The number of carbonyl (C=O) groups excluding carboxylic acids is 2. The second-order valence-electron chi connectivity index (χ2n) is 4.44. The molecule has 0 radical (unpaired) electrons. The van der Waals surface area contributed by atoms with Gasteiger partial charge in [0.2, 0.25) is 5.91 Å². The van der Waals surface area contributed by atoms with Gasteiger partial charge in [-0.15, -0.1) is 0 Å². The summed E-state index contributed by atoms with van der Waals surface area (Å²) in [5.74, 6) is -0.148. The topological polar surface area (TPSA) is 88.6 Å². The molecule has 1 aliphatic heterocycles. The molecule has 1 saturated heterocycles. The Morgan fingerprint density at radius 1 is 1.61 bits per heavy atom. The second kappa shape index (κ2) is 5.22. The summed E-state index contributed by atoms with van der Waals surface area (Å²) in [6.07, 6.45) is 2.30. The molecule has 2 amide bonds. The molecular formula is C12H17N3O3. The maximum absolute atomic E-state index is 12.4. The van der Waals surface area contributed by atoms with Gasteiger partial charge in [0.25, 0.3) is 5.91 Å². The zero-order valence-corrected chi connectivity index (χ0v) is 10.3. The predicted molar refractivity (Wildman–Crippen MR) is 65.0 cm³/mol. The number of hydrogen-bond acceptors (Lipinski definition) is 4. The summed E-state index contributed by atoms with van der Waals surface area (Å²) in [5.41, 5.74) is 5.70. The summed E-state index contributed by atoms with van der Waals surface area (Å²) < 4.78 is 5.12. The van der Waals surface area contributed by atoms with E-state index in [1.807, 2.05) is 0 Å². The Morgan fingerprint density at radius 3 is 2.89 bits per heavy atom. The summed E-state index contributed by atoms with van der Waals surface area (Å²) in [7, 11) is 0. The van der Waals surface area contributed by atoms with Crippen molar-refractivity contribution in [3.8, 4) is 0 Å². The smallest absolute Gasteiger partial charge is 0.258 e. The minimum Gasteiger partial charge on any atom is -0.469 e. The maximum atomic E-state index is 12.4. The molecule has 1 unspecified atom stereocenters. The SMILES string of the molecule is Cc1occc1C(=O)N(CC(N)=O)C1CCNC1. The molecule has 1 aromatic rings. The van der Waals surface area contributed by atoms with Gasteiger partial charge in [0.05, 0.1) is 18.4 Å². The van der Waals surface area contributed by atoms with Crippen molar-refractivity contribution >= 4 is 11.8 Å². The highest BCUT2D eigenvalue weighted by molar-refractivity contribution is 5.97. The number of aryl methyl sites for hydroxylation is 1. The summed E-state index contributed by atoms with van der Waals surface area (Å²) in [6.45, 7) is 3.20. The summed E-state index contributed by atoms with van der Waals surface area (Å²) in [5, 5.41) is 3.17. The minimum atomic E-state index is -0.503. The third kappa shape index (κ3) is 2.53. The average molecular weight is 251 g/mol. The van der Waals surface area contributed by atoms with Crippen molar-refractivity contribution in [2.24, 2.45) is 5.73 Å². The lowest BCUT2D eigenvalue weighted by Crippen LogP contribution is -2.46. The van der Waals surface area contributed by atoms with Gasteiger partial charge in [0.1, 0.15) is 5.76 Å². The molecule has 0 bridgehead atoms. The van der Waals surface area contributed by atoms with Crippen LogP contribution in [0.2, 0.25) is 0 Å². The first-order valence-electron chi connectivity index (χ1n) is 5.93. The van der Waals surface area contributed by atoms with E-state index in [1.165, 1.54) is 11.2 Å². The van der Waals surface area contributed by atoms with E-state index in [0.29, 0.717) is 17.9 Å². The van der Waals surface area contributed by atoms with Crippen LogP contribution in [-0.2, 0) is 4.79 Å². The van der Waals surface area contributed by atoms with Crippen LogP contribution in [0.5, 0.6) is 0 Å². The zero-order chi connectivity index (χ0) is 13.1. The van der Waals surface area contributed by atoms with E-state index < -0.39 is 5.91 Å². The molecule has 0 spiro atoms. The Kier molecular flexibility index (Phi) is 3.66. The minimum absolute atomic E-state index is 0.0132. The van der Waals surface area contributed by atoms with Crippen LogP contribution >= 0.6 is 0 Å². The number of furan rings is 1. The molecule has 0 saturated carbocycles. The first-order chi connectivity index (χ1) is 8.59. The van der Waals surface area contributed by atoms with Crippen LogP contribution in [0, 0.1) is 6.92 Å². The fourth-order valence-corrected chi connectivity index (χ4v) is 2.20. The molecule has 98 valence electrons. The van der Waals surface area contributed by atoms with E-state index in [0.717, 1.165) is 13.0 Å². The molecule has 0 aliphatic carbocycles. The lowest BCUT2D eigenvalue weighted by atomic mass is 10.1. The number of rotatable bonds is 4. The molecule has 1 atom stereocenters. The Bertz CT molecular complexity index is 449. The van der Waals surface area contributed by atoms with Crippen LogP contribution in [0.3, 0.4) is 0 Å². The van der Waals surface area contributed by atoms with E-state index in [9.17, 15) is 9.59 Å². The first-order valence-corrected chi connectivity index (χ1v) is 5.93. The van der Waals surface area contributed by atoms with Gasteiger partial charge in [-0.25, -0.2) is 0 Å². The summed E-state index contributed by atoms with van der Waals surface area (Å²) in [6, 6.07) is 1.63. The third-order valence-electron chi connectivity index (χ3n) is 3.15. The molecule has 2 rings (SSSR count). The molecule has 0 aromatic carbocycles. The summed E-state index contributed by atoms with van der Waals surface area (Å²) >= 11 is 0. The van der Waals surface area contributed by atoms with E-state index >= 15 is 0 Å². The van der Waals surface area contributed by atoms with Crippen molar-refractivity contribution in [1.29, 1.82) is 0 Å². The van der Waals surface area contributed by atoms with E-state index in [4.69, 9.17) is 10.2 Å². The van der Waals surface area contributed by atoms with E-state index in [1.54, 1.807) is 13.0 Å². The maximum Gasteiger partial charge on any atom is 0.258 e. The van der Waals surface area contributed by atoms with Crippen molar-refractivity contribution in [3.63, 3.8) is 0 Å². The van der Waals surface area contributed by atoms with Gasteiger partial charge in [-0.05, 0) is 26.0 Å². The van der Waals surface area contributed by atoms with E-state index in [-0.39, 0.29) is 18.5 Å². The lowest BCUT2D eigenvalue weighted by Gasteiger charge is -2.27. The standard InChI is InChI=1S/C12H17N3O3/c1-8-10(3-5-18-8)12(17)15(7-11(13)16)9-2-4-14-6-9/h3,5,9,14H,2,4,6-7H2,1H3,(H2,13,16). The highest BCUT2D eigenvalue weighted by Crippen LogP contribution is 2.16. The summed E-state index contributed by atoms with van der Waals surface area (Å²) in [4.78, 5) is 25.0. The van der Waals surface area contributed by atoms with Gasteiger partial charge in [0, 0.05) is 12.6 Å². The van der Waals surface area contributed by atoms with Gasteiger partial charge in [0.15, 0.2) is 0 Å². The number of nitrogens with two attached hydrogens (primary N) is 1. The third-order valence-corrected chi connectivity index (χ3v) is 3.15. The van der Waals surface area contributed by atoms with Crippen LogP contribution < -0.4 is 11.1 Å². The number of hydrogen-bond donors (Lipinski definition) is 2. The van der Waals surface area contributed by atoms with E-state index in [2.05, 4.69) is 5.32 Å². The fourth-order valence-electron chi connectivity index (χ4n) is 2.20. The average Bonchev–Trinajstić information content (AvgIpc) is 2.95. The number of nitrogens with zero attached hydrogens (tertiary/aromatic N) is 1. The Morgan fingerprint density at radius 2 is 2.39 bits per heavy atom. The number of nitrogens with one attached hydrogen (secondary N) is 1. The number of primary amides is 1. The monoisotopic (exact) mass is 251 g/mol. The fraction of sp³-hybridized carbons (Fsp3) is 0.500. The van der Waals surface area contributed by atoms with Crippen molar-refractivity contribution in [1.82, 2.24) is 10.2 Å². The Labute approximate surface area is 105 Å². The molecule has 1 aliphatic rings. The molecule has 18 heavy (non-hydrogen) atoms. The van der Waals surface area contributed by atoms with Crippen molar-refractivity contribution in [2.75, 3.05) is 19.6 Å². The Balaban J connectivity index is 2.20. The largest absolute Gasteiger partial charge is 0.469 e. The zero-order valence-electron chi connectivity index (χ0n) is 10.3.